The molecule has 1 aliphatic carbocycles. The van der Waals surface area contributed by atoms with E-state index < -0.39 is 11.8 Å². The van der Waals surface area contributed by atoms with Gasteiger partial charge in [-0.25, -0.2) is 13.8 Å². The molecule has 12 heavy (non-hydrogen) atoms. The molecule has 0 amide bonds. The highest BCUT2D eigenvalue weighted by atomic mass is 35.5. The zero-order valence-corrected chi connectivity index (χ0v) is 6.85. The van der Waals surface area contributed by atoms with Gasteiger partial charge in [0, 0.05) is 12.6 Å². The molecular weight excluding hydrogens is 184 g/mol. The number of hydrogen-bond acceptors (Lipinski definition) is 1. The van der Waals surface area contributed by atoms with Crippen molar-refractivity contribution in [3.8, 4) is 0 Å². The molecule has 0 unspecified atom stereocenters. The fourth-order valence-corrected chi connectivity index (χ4v) is 1.28. The van der Waals surface area contributed by atoms with E-state index in [1.165, 1.54) is 12.3 Å². The lowest BCUT2D eigenvalue weighted by molar-refractivity contribution is 0.112. The van der Waals surface area contributed by atoms with Crippen LogP contribution in [0.4, 0.5) is 8.78 Å². The van der Waals surface area contributed by atoms with Crippen LogP contribution in [0.2, 0.25) is 5.15 Å². The van der Waals surface area contributed by atoms with Crippen LogP contribution in [0.1, 0.15) is 17.9 Å². The lowest BCUT2D eigenvalue weighted by atomic mass is 10.2. The Bertz CT molecular complexity index is 296. The molecule has 0 aliphatic heterocycles. The molecule has 1 atom stereocenters. The summed E-state index contributed by atoms with van der Waals surface area (Å²) in [6.45, 7) is 0. The van der Waals surface area contributed by atoms with Crippen molar-refractivity contribution >= 4 is 11.6 Å². The Morgan fingerprint density at radius 2 is 2.17 bits per heavy atom. The van der Waals surface area contributed by atoms with Gasteiger partial charge in [0.05, 0.1) is 5.92 Å². The third-order valence-corrected chi connectivity index (χ3v) is 2.20. The van der Waals surface area contributed by atoms with Gasteiger partial charge in [0.15, 0.2) is 0 Å². The van der Waals surface area contributed by atoms with Crippen molar-refractivity contribution in [3.05, 3.63) is 29.0 Å². The Balaban J connectivity index is 2.21. The highest BCUT2D eigenvalue weighted by Crippen LogP contribution is 2.55. The van der Waals surface area contributed by atoms with Crippen LogP contribution in [0.25, 0.3) is 0 Å². The second-order valence-corrected chi connectivity index (χ2v) is 3.32. The third kappa shape index (κ3) is 1.29. The van der Waals surface area contributed by atoms with Crippen molar-refractivity contribution in [1.29, 1.82) is 0 Å². The molecule has 4 heteroatoms. The predicted molar refractivity (Wildman–Crippen MR) is 41.6 cm³/mol. The van der Waals surface area contributed by atoms with E-state index in [1.54, 1.807) is 6.07 Å². The van der Waals surface area contributed by atoms with Gasteiger partial charge < -0.3 is 0 Å². The number of aromatic nitrogens is 1. The van der Waals surface area contributed by atoms with E-state index in [4.69, 9.17) is 11.6 Å². The van der Waals surface area contributed by atoms with Gasteiger partial charge in [0.25, 0.3) is 5.92 Å². The average molecular weight is 190 g/mol. The van der Waals surface area contributed by atoms with Crippen molar-refractivity contribution in [2.45, 2.75) is 18.3 Å². The molecule has 0 aromatic carbocycles. The first-order valence-electron chi connectivity index (χ1n) is 3.59. The Morgan fingerprint density at radius 3 is 2.58 bits per heavy atom. The summed E-state index contributed by atoms with van der Waals surface area (Å²) >= 11 is 5.51. The van der Waals surface area contributed by atoms with Crippen LogP contribution in [0.3, 0.4) is 0 Å². The zero-order valence-electron chi connectivity index (χ0n) is 6.10. The summed E-state index contributed by atoms with van der Waals surface area (Å²) in [5.41, 5.74) is 0.574. The zero-order chi connectivity index (χ0) is 8.77. The molecule has 1 aromatic heterocycles. The van der Waals surface area contributed by atoms with E-state index in [0.29, 0.717) is 10.7 Å². The van der Waals surface area contributed by atoms with Gasteiger partial charge in [0.1, 0.15) is 5.15 Å². The molecule has 0 spiro atoms. The molecule has 1 fully saturated rings. The van der Waals surface area contributed by atoms with Gasteiger partial charge in [-0.3, -0.25) is 0 Å². The summed E-state index contributed by atoms with van der Waals surface area (Å²) < 4.78 is 25.0. The molecule has 1 saturated carbocycles. The van der Waals surface area contributed by atoms with Crippen molar-refractivity contribution in [2.75, 3.05) is 0 Å². The van der Waals surface area contributed by atoms with Crippen molar-refractivity contribution in [3.63, 3.8) is 0 Å². The number of rotatable bonds is 1. The molecule has 64 valence electrons. The van der Waals surface area contributed by atoms with Crippen molar-refractivity contribution < 1.29 is 8.78 Å². The van der Waals surface area contributed by atoms with Crippen molar-refractivity contribution in [2.24, 2.45) is 0 Å². The Morgan fingerprint density at radius 1 is 1.50 bits per heavy atom. The van der Waals surface area contributed by atoms with Crippen LogP contribution in [-0.2, 0) is 0 Å². The minimum atomic E-state index is -2.52. The Kier molecular flexibility index (Phi) is 1.58. The minimum absolute atomic E-state index is 0.0592. The van der Waals surface area contributed by atoms with E-state index in [0.717, 1.165) is 0 Å². The molecular formula is C8H6ClF2N. The molecule has 0 N–H and O–H groups in total. The van der Waals surface area contributed by atoms with Crippen LogP contribution >= 0.6 is 11.6 Å². The fourth-order valence-electron chi connectivity index (χ4n) is 1.17. The number of nitrogens with zero attached hydrogens (tertiary/aromatic N) is 1. The predicted octanol–water partition coefficient (Wildman–Crippen LogP) is 2.86. The first-order valence-corrected chi connectivity index (χ1v) is 3.97. The highest BCUT2D eigenvalue weighted by molar-refractivity contribution is 6.29. The second kappa shape index (κ2) is 2.39. The maximum absolute atomic E-state index is 12.5. The van der Waals surface area contributed by atoms with Gasteiger partial charge in [-0.15, -0.1) is 0 Å². The molecule has 1 heterocycles. The number of pyridine rings is 1. The first kappa shape index (κ1) is 7.92. The molecule has 1 aromatic rings. The summed E-state index contributed by atoms with van der Waals surface area (Å²) in [7, 11) is 0. The maximum Gasteiger partial charge on any atom is 0.255 e. The minimum Gasteiger partial charge on any atom is -0.244 e. The molecule has 0 radical (unpaired) electrons. The SMILES string of the molecule is FC1(F)C[C@@H]1c1ccc(Cl)nc1. The summed E-state index contributed by atoms with van der Waals surface area (Å²) in [5, 5.41) is 0.336. The molecule has 1 aliphatic rings. The van der Waals surface area contributed by atoms with E-state index >= 15 is 0 Å². The van der Waals surface area contributed by atoms with E-state index in [2.05, 4.69) is 4.98 Å². The molecule has 1 nitrogen and oxygen atoms in total. The van der Waals surface area contributed by atoms with Gasteiger partial charge in [-0.2, -0.15) is 0 Å². The maximum atomic E-state index is 12.5. The number of hydrogen-bond donors (Lipinski definition) is 0. The van der Waals surface area contributed by atoms with Crippen molar-refractivity contribution in [1.82, 2.24) is 4.98 Å². The summed E-state index contributed by atoms with van der Waals surface area (Å²) in [6, 6.07) is 3.13. The van der Waals surface area contributed by atoms with Gasteiger partial charge >= 0.3 is 0 Å². The smallest absolute Gasteiger partial charge is 0.244 e. The van der Waals surface area contributed by atoms with E-state index in [1.807, 2.05) is 0 Å². The highest BCUT2D eigenvalue weighted by Gasteiger charge is 2.57. The standard InChI is InChI=1S/C8H6ClF2N/c9-7-2-1-5(4-12-7)6-3-8(6,10)11/h1-2,4,6H,3H2/t6-/m1/s1. The Hall–Kier alpha value is -0.700. The topological polar surface area (TPSA) is 12.9 Å². The largest absolute Gasteiger partial charge is 0.255 e. The lowest BCUT2D eigenvalue weighted by Gasteiger charge is -1.97. The quantitative estimate of drug-likeness (QED) is 0.619. The lowest BCUT2D eigenvalue weighted by Crippen LogP contribution is -1.93. The normalized spacial score (nSPS) is 25.4. The molecule has 0 saturated heterocycles. The van der Waals surface area contributed by atoms with Crippen LogP contribution in [-0.4, -0.2) is 10.9 Å². The van der Waals surface area contributed by atoms with Crippen LogP contribution < -0.4 is 0 Å². The molecule has 0 bridgehead atoms. The summed E-state index contributed by atoms with van der Waals surface area (Å²) in [6.07, 6.45) is 1.35. The summed E-state index contributed by atoms with van der Waals surface area (Å²) in [4.78, 5) is 3.74. The van der Waals surface area contributed by atoms with Crippen LogP contribution in [0, 0.1) is 0 Å². The van der Waals surface area contributed by atoms with Gasteiger partial charge in [-0.05, 0) is 11.6 Å². The van der Waals surface area contributed by atoms with Gasteiger partial charge in [0.2, 0.25) is 0 Å². The fraction of sp³-hybridized carbons (Fsp3) is 0.375. The van der Waals surface area contributed by atoms with Crippen LogP contribution in [0.5, 0.6) is 0 Å². The average Bonchev–Trinajstić information content (AvgIpc) is 2.61. The first-order chi connectivity index (χ1) is 5.59. The number of alkyl halides is 2. The van der Waals surface area contributed by atoms with E-state index in [9.17, 15) is 8.78 Å². The number of halogens is 3. The van der Waals surface area contributed by atoms with Crippen LogP contribution in [0.15, 0.2) is 18.3 Å². The molecule has 2 rings (SSSR count). The monoisotopic (exact) mass is 189 g/mol. The summed E-state index contributed by atoms with van der Waals surface area (Å²) in [5.74, 6) is -3.16. The van der Waals surface area contributed by atoms with E-state index in [-0.39, 0.29) is 6.42 Å². The van der Waals surface area contributed by atoms with Gasteiger partial charge in [-0.1, -0.05) is 17.7 Å². The Labute approximate surface area is 73.4 Å². The second-order valence-electron chi connectivity index (χ2n) is 2.93. The third-order valence-electron chi connectivity index (χ3n) is 1.98.